The van der Waals surface area contributed by atoms with E-state index in [1.54, 1.807) is 0 Å². The molecule has 0 N–H and O–H groups in total. The van der Waals surface area contributed by atoms with Gasteiger partial charge in [-0.2, -0.15) is 8.78 Å². The van der Waals surface area contributed by atoms with Crippen LogP contribution in [0.1, 0.15) is 25.7 Å². The van der Waals surface area contributed by atoms with Gasteiger partial charge in [0.25, 0.3) is 0 Å². The number of rotatable bonds is 3. The van der Waals surface area contributed by atoms with Gasteiger partial charge >= 0.3 is 11.2 Å². The van der Waals surface area contributed by atoms with E-state index < -0.39 is 27.2 Å². The van der Waals surface area contributed by atoms with Crippen molar-refractivity contribution >= 4 is 15.8 Å². The number of halogens is 2. The quantitative estimate of drug-likeness (QED) is 0.725. The third-order valence-corrected chi connectivity index (χ3v) is 4.73. The highest BCUT2D eigenvalue weighted by atomic mass is 32.2. The number of carbonyl (C=O) groups is 1. The predicted octanol–water partition coefficient (Wildman–Crippen LogP) is 1.36. The predicted molar refractivity (Wildman–Crippen MR) is 55.1 cm³/mol. The Hall–Kier alpha value is -0.720. The van der Waals surface area contributed by atoms with Gasteiger partial charge in [0.15, 0.2) is 0 Å². The second kappa shape index (κ2) is 3.90. The molecule has 0 aromatic heterocycles. The molecule has 0 radical (unpaired) electrons. The molecule has 0 aromatic rings. The van der Waals surface area contributed by atoms with Gasteiger partial charge in [-0.25, -0.2) is 13.2 Å². The van der Waals surface area contributed by atoms with Crippen molar-refractivity contribution in [3.8, 4) is 0 Å². The third kappa shape index (κ3) is 2.17. The first-order valence-corrected chi connectivity index (χ1v) is 7.39. The molecule has 0 heterocycles. The van der Waals surface area contributed by atoms with Crippen LogP contribution in [0.3, 0.4) is 0 Å². The van der Waals surface area contributed by atoms with E-state index in [-0.39, 0.29) is 5.92 Å². The molecule has 2 bridgehead atoms. The van der Waals surface area contributed by atoms with Crippen molar-refractivity contribution in [2.75, 3.05) is 6.26 Å². The van der Waals surface area contributed by atoms with Gasteiger partial charge in [-0.3, -0.25) is 0 Å². The monoisotopic (exact) mass is 268 g/mol. The zero-order chi connectivity index (χ0) is 12.8. The second-order valence-corrected chi connectivity index (χ2v) is 6.96. The van der Waals surface area contributed by atoms with E-state index in [9.17, 15) is 22.0 Å². The molecule has 3 unspecified atom stereocenters. The average Bonchev–Trinajstić information content (AvgIpc) is 2.76. The van der Waals surface area contributed by atoms with Gasteiger partial charge in [0, 0.05) is 6.26 Å². The van der Waals surface area contributed by atoms with Crippen molar-refractivity contribution < 1.29 is 26.7 Å². The number of hydrogen-bond acceptors (Lipinski definition) is 4. The molecule has 3 atom stereocenters. The van der Waals surface area contributed by atoms with Crippen molar-refractivity contribution in [1.29, 1.82) is 0 Å². The van der Waals surface area contributed by atoms with Gasteiger partial charge in [-0.15, -0.1) is 0 Å². The minimum atomic E-state index is -4.76. The Bertz CT molecular complexity index is 432. The molecule has 2 aliphatic carbocycles. The number of sulfone groups is 1. The first-order chi connectivity index (χ1) is 7.72. The maximum absolute atomic E-state index is 13.2. The Balaban J connectivity index is 2.03. The van der Waals surface area contributed by atoms with E-state index in [0.717, 1.165) is 19.3 Å². The third-order valence-electron chi connectivity index (χ3n) is 3.63. The lowest BCUT2D eigenvalue weighted by Gasteiger charge is -2.23. The second-order valence-electron chi connectivity index (χ2n) is 4.91. The Kier molecular flexibility index (Phi) is 2.92. The maximum Gasteiger partial charge on any atom is 0.439 e. The molecule has 17 heavy (non-hydrogen) atoms. The highest BCUT2D eigenvalue weighted by molar-refractivity contribution is 7.92. The molecule has 0 amide bonds. The molecular weight excluding hydrogens is 254 g/mol. The van der Waals surface area contributed by atoms with Gasteiger partial charge in [-0.05, 0) is 37.5 Å². The lowest BCUT2D eigenvalue weighted by atomic mass is 9.98. The van der Waals surface area contributed by atoms with Crippen LogP contribution in [-0.2, 0) is 19.4 Å². The molecule has 0 saturated heterocycles. The summed E-state index contributed by atoms with van der Waals surface area (Å²) in [6.45, 7) is 0. The van der Waals surface area contributed by atoms with Crippen LogP contribution in [-0.4, -0.2) is 32.0 Å². The van der Waals surface area contributed by atoms with Crippen molar-refractivity contribution in [3.05, 3.63) is 0 Å². The number of fused-ring (bicyclic) bond motifs is 2. The zero-order valence-electron chi connectivity index (χ0n) is 9.36. The summed E-state index contributed by atoms with van der Waals surface area (Å²) in [4.78, 5) is 11.2. The van der Waals surface area contributed by atoms with Gasteiger partial charge in [0.2, 0.25) is 9.84 Å². The van der Waals surface area contributed by atoms with Crippen molar-refractivity contribution in [2.45, 2.75) is 37.0 Å². The summed E-state index contributed by atoms with van der Waals surface area (Å²) in [5.41, 5.74) is 0. The van der Waals surface area contributed by atoms with Crippen LogP contribution in [0.2, 0.25) is 0 Å². The fraction of sp³-hybridized carbons (Fsp3) is 0.900. The molecule has 2 aliphatic rings. The Morgan fingerprint density at radius 2 is 1.94 bits per heavy atom. The number of alkyl halides is 2. The summed E-state index contributed by atoms with van der Waals surface area (Å²) >= 11 is 0. The van der Waals surface area contributed by atoms with Crippen LogP contribution < -0.4 is 0 Å². The Labute approximate surface area is 98.2 Å². The van der Waals surface area contributed by atoms with Crippen LogP contribution in [0.4, 0.5) is 8.78 Å². The first kappa shape index (κ1) is 12.7. The first-order valence-electron chi connectivity index (χ1n) is 5.50. The largest absolute Gasteiger partial charge is 0.457 e. The van der Waals surface area contributed by atoms with Crippen LogP contribution in [0, 0.1) is 11.8 Å². The Morgan fingerprint density at radius 3 is 2.35 bits per heavy atom. The lowest BCUT2D eigenvalue weighted by Crippen LogP contribution is -2.41. The molecule has 2 rings (SSSR count). The van der Waals surface area contributed by atoms with Gasteiger partial charge < -0.3 is 4.74 Å². The molecule has 4 nitrogen and oxygen atoms in total. The summed E-state index contributed by atoms with van der Waals surface area (Å²) in [5, 5.41) is -4.44. The fourth-order valence-corrected chi connectivity index (χ4v) is 3.04. The summed E-state index contributed by atoms with van der Waals surface area (Å²) in [5.74, 6) is -1.37. The molecule has 2 fully saturated rings. The smallest absolute Gasteiger partial charge is 0.439 e. The van der Waals surface area contributed by atoms with E-state index >= 15 is 0 Å². The SMILES string of the molecule is CS(=O)(=O)C(F)(F)C(=O)OC1CC2CCC1C2. The van der Waals surface area contributed by atoms with Crippen LogP contribution >= 0.6 is 0 Å². The average molecular weight is 268 g/mol. The van der Waals surface area contributed by atoms with Crippen molar-refractivity contribution in [2.24, 2.45) is 11.8 Å². The number of carbonyl (C=O) groups excluding carboxylic acids is 1. The van der Waals surface area contributed by atoms with Gasteiger partial charge in [0.1, 0.15) is 6.10 Å². The molecule has 98 valence electrons. The van der Waals surface area contributed by atoms with E-state index in [1.165, 1.54) is 0 Å². The molecule has 7 heteroatoms. The summed E-state index contributed by atoms with van der Waals surface area (Å²) in [7, 11) is -4.76. The van der Waals surface area contributed by atoms with Crippen molar-refractivity contribution in [1.82, 2.24) is 0 Å². The van der Waals surface area contributed by atoms with Crippen molar-refractivity contribution in [3.63, 3.8) is 0 Å². The highest BCUT2D eigenvalue weighted by Crippen LogP contribution is 2.46. The summed E-state index contributed by atoms with van der Waals surface area (Å²) in [6, 6.07) is 0. The highest BCUT2D eigenvalue weighted by Gasteiger charge is 2.54. The van der Waals surface area contributed by atoms with Crippen LogP contribution in [0.25, 0.3) is 0 Å². The van der Waals surface area contributed by atoms with E-state index in [0.29, 0.717) is 18.6 Å². The number of ether oxygens (including phenoxy) is 1. The maximum atomic E-state index is 13.2. The minimum Gasteiger partial charge on any atom is -0.457 e. The van der Waals surface area contributed by atoms with Crippen LogP contribution in [0.5, 0.6) is 0 Å². The van der Waals surface area contributed by atoms with E-state index in [4.69, 9.17) is 0 Å². The van der Waals surface area contributed by atoms with Gasteiger partial charge in [-0.1, -0.05) is 0 Å². The molecule has 0 aromatic carbocycles. The normalized spacial score (nSPS) is 32.8. The Morgan fingerprint density at radius 1 is 1.29 bits per heavy atom. The number of esters is 1. The minimum absolute atomic E-state index is 0.124. The van der Waals surface area contributed by atoms with Crippen LogP contribution in [0.15, 0.2) is 0 Å². The fourth-order valence-electron chi connectivity index (χ4n) is 2.69. The topological polar surface area (TPSA) is 60.4 Å². The van der Waals surface area contributed by atoms with E-state index in [2.05, 4.69) is 4.74 Å². The lowest BCUT2D eigenvalue weighted by molar-refractivity contribution is -0.169. The van der Waals surface area contributed by atoms with E-state index in [1.807, 2.05) is 0 Å². The summed E-state index contributed by atoms with van der Waals surface area (Å²) < 4.78 is 52.5. The summed E-state index contributed by atoms with van der Waals surface area (Å²) in [6.07, 6.45) is 3.18. The zero-order valence-corrected chi connectivity index (χ0v) is 10.2. The van der Waals surface area contributed by atoms with Gasteiger partial charge in [0.05, 0.1) is 0 Å². The molecule has 2 saturated carbocycles. The standard InChI is InChI=1S/C10H14F2O4S/c1-17(14,15)10(11,12)9(13)16-8-5-6-2-3-7(8)4-6/h6-8H,2-5H2,1H3. The molecule has 0 spiro atoms. The molecule has 0 aliphatic heterocycles. The molecular formula is C10H14F2O4S. The number of hydrogen-bond donors (Lipinski definition) is 0.